The molecule has 134 valence electrons. The fourth-order valence-corrected chi connectivity index (χ4v) is 2.50. The van der Waals surface area contributed by atoms with E-state index in [1.807, 2.05) is 42.5 Å². The molecule has 6 heteroatoms. The molecular formula is C20H23N5O. The first-order valence-electron chi connectivity index (χ1n) is 8.52. The Bertz CT molecular complexity index is 863. The summed E-state index contributed by atoms with van der Waals surface area (Å²) in [7, 11) is 0. The van der Waals surface area contributed by atoms with E-state index in [2.05, 4.69) is 46.6 Å². The smallest absolute Gasteiger partial charge is 0.308 e. The third-order valence-electron chi connectivity index (χ3n) is 3.96. The first-order chi connectivity index (χ1) is 12.4. The van der Waals surface area contributed by atoms with Gasteiger partial charge in [0.05, 0.1) is 5.69 Å². The van der Waals surface area contributed by atoms with Gasteiger partial charge >= 0.3 is 6.03 Å². The van der Waals surface area contributed by atoms with E-state index in [4.69, 9.17) is 0 Å². The van der Waals surface area contributed by atoms with E-state index in [1.54, 1.807) is 12.4 Å². The summed E-state index contributed by atoms with van der Waals surface area (Å²) in [6, 6.07) is 13.3. The number of urea groups is 1. The normalized spacial score (nSPS) is 11.2. The lowest BCUT2D eigenvalue weighted by Crippen LogP contribution is -2.19. The van der Waals surface area contributed by atoms with Gasteiger partial charge in [-0.25, -0.2) is 4.79 Å². The van der Waals surface area contributed by atoms with Gasteiger partial charge in [0.1, 0.15) is 5.82 Å². The second-order valence-corrected chi connectivity index (χ2v) is 7.23. The molecule has 3 rings (SSSR count). The highest BCUT2D eigenvalue weighted by Gasteiger charge is 2.17. The van der Waals surface area contributed by atoms with Crippen molar-refractivity contribution >= 4 is 17.5 Å². The molecule has 0 aliphatic heterocycles. The number of nitrogens with zero attached hydrogens (tertiary/aromatic N) is 2. The Labute approximate surface area is 153 Å². The summed E-state index contributed by atoms with van der Waals surface area (Å²) in [5.41, 5.74) is 3.93. The highest BCUT2D eigenvalue weighted by Crippen LogP contribution is 2.22. The van der Waals surface area contributed by atoms with Gasteiger partial charge in [-0.3, -0.25) is 15.4 Å². The van der Waals surface area contributed by atoms with Crippen molar-refractivity contribution in [2.24, 2.45) is 0 Å². The molecule has 6 nitrogen and oxygen atoms in total. The predicted molar refractivity (Wildman–Crippen MR) is 103 cm³/mol. The van der Waals surface area contributed by atoms with Gasteiger partial charge in [-0.05, 0) is 41.8 Å². The van der Waals surface area contributed by atoms with Crippen LogP contribution in [-0.4, -0.2) is 21.2 Å². The van der Waals surface area contributed by atoms with Crippen LogP contribution < -0.4 is 10.6 Å². The van der Waals surface area contributed by atoms with Crippen LogP contribution in [0.3, 0.4) is 0 Å². The number of hydrogen-bond acceptors (Lipinski definition) is 3. The minimum Gasteiger partial charge on any atom is -0.308 e. The Morgan fingerprint density at radius 1 is 1.00 bits per heavy atom. The van der Waals surface area contributed by atoms with E-state index in [9.17, 15) is 4.79 Å². The number of aromatic amines is 1. The largest absolute Gasteiger partial charge is 0.324 e. The summed E-state index contributed by atoms with van der Waals surface area (Å²) < 4.78 is 0. The number of aromatic nitrogens is 3. The van der Waals surface area contributed by atoms with Gasteiger partial charge in [-0.2, -0.15) is 5.10 Å². The fourth-order valence-electron chi connectivity index (χ4n) is 2.50. The number of anilines is 2. The lowest BCUT2D eigenvalue weighted by Gasteiger charge is -2.13. The molecule has 0 aliphatic rings. The molecule has 0 saturated heterocycles. The molecule has 0 aliphatic carbocycles. The number of hydrogen-bond donors (Lipinski definition) is 3. The highest BCUT2D eigenvalue weighted by molar-refractivity contribution is 5.99. The minimum atomic E-state index is -0.309. The standard InChI is InChI=1S/C20H23N5O/c1-20(2,3)17-13-18(25-24-17)23-19(26)22-16-6-4-14(5-7-16)12-15-8-10-21-11-9-15/h4-11,13H,12H2,1-3H3,(H3,22,23,24,25,26). The summed E-state index contributed by atoms with van der Waals surface area (Å²) in [5, 5.41) is 12.6. The zero-order chi connectivity index (χ0) is 18.6. The van der Waals surface area contributed by atoms with Crippen LogP contribution >= 0.6 is 0 Å². The molecule has 3 aromatic rings. The molecule has 1 aromatic carbocycles. The Kier molecular flexibility index (Phi) is 5.02. The van der Waals surface area contributed by atoms with Crippen molar-refractivity contribution < 1.29 is 4.79 Å². The number of H-pyrrole nitrogens is 1. The first kappa shape index (κ1) is 17.7. The second-order valence-electron chi connectivity index (χ2n) is 7.23. The summed E-state index contributed by atoms with van der Waals surface area (Å²) in [5.74, 6) is 0.571. The van der Waals surface area contributed by atoms with Gasteiger partial charge in [-0.1, -0.05) is 32.9 Å². The van der Waals surface area contributed by atoms with E-state index < -0.39 is 0 Å². The van der Waals surface area contributed by atoms with Gasteiger partial charge in [-0.15, -0.1) is 0 Å². The Hall–Kier alpha value is -3.15. The van der Waals surface area contributed by atoms with E-state index in [0.29, 0.717) is 5.82 Å². The molecule has 0 spiro atoms. The number of pyridine rings is 1. The maximum atomic E-state index is 12.1. The monoisotopic (exact) mass is 349 g/mol. The summed E-state index contributed by atoms with van der Waals surface area (Å²) in [6.07, 6.45) is 4.41. The van der Waals surface area contributed by atoms with Crippen LogP contribution in [-0.2, 0) is 11.8 Å². The topological polar surface area (TPSA) is 82.7 Å². The zero-order valence-corrected chi connectivity index (χ0v) is 15.2. The van der Waals surface area contributed by atoms with E-state index in [1.165, 1.54) is 11.1 Å². The number of carbonyl (C=O) groups excluding carboxylic acids is 1. The van der Waals surface area contributed by atoms with Crippen molar-refractivity contribution in [3.8, 4) is 0 Å². The number of benzene rings is 1. The van der Waals surface area contributed by atoms with Gasteiger partial charge in [0.25, 0.3) is 0 Å². The predicted octanol–water partition coefficient (Wildman–Crippen LogP) is 4.34. The van der Waals surface area contributed by atoms with Gasteiger partial charge in [0.15, 0.2) is 0 Å². The van der Waals surface area contributed by atoms with Gasteiger partial charge in [0.2, 0.25) is 0 Å². The molecule has 0 atom stereocenters. The molecular weight excluding hydrogens is 326 g/mol. The number of rotatable bonds is 4. The maximum absolute atomic E-state index is 12.1. The quantitative estimate of drug-likeness (QED) is 0.655. The lowest BCUT2D eigenvalue weighted by atomic mass is 9.92. The average molecular weight is 349 g/mol. The molecule has 0 fully saturated rings. The van der Waals surface area contributed by atoms with Crippen LogP contribution in [0.2, 0.25) is 0 Å². The van der Waals surface area contributed by atoms with Gasteiger partial charge < -0.3 is 5.32 Å². The lowest BCUT2D eigenvalue weighted by molar-refractivity contribution is 0.262. The van der Waals surface area contributed by atoms with Crippen LogP contribution in [0.4, 0.5) is 16.3 Å². The molecule has 0 radical (unpaired) electrons. The molecule has 0 unspecified atom stereocenters. The fraction of sp³-hybridized carbons (Fsp3) is 0.250. The number of carbonyl (C=O) groups is 1. The van der Waals surface area contributed by atoms with E-state index in [-0.39, 0.29) is 11.4 Å². The van der Waals surface area contributed by atoms with Crippen LogP contribution in [0.25, 0.3) is 0 Å². The van der Waals surface area contributed by atoms with Crippen molar-refractivity contribution in [2.75, 3.05) is 10.6 Å². The summed E-state index contributed by atoms with van der Waals surface area (Å²) in [6.45, 7) is 6.21. The van der Waals surface area contributed by atoms with Crippen LogP contribution in [0.1, 0.15) is 37.6 Å². The van der Waals surface area contributed by atoms with Crippen LogP contribution in [0.5, 0.6) is 0 Å². The van der Waals surface area contributed by atoms with Crippen molar-refractivity contribution in [3.05, 3.63) is 71.7 Å². The van der Waals surface area contributed by atoms with Crippen molar-refractivity contribution in [1.29, 1.82) is 0 Å². The molecule has 2 aromatic heterocycles. The Morgan fingerprint density at radius 3 is 2.27 bits per heavy atom. The molecule has 3 N–H and O–H groups in total. The molecule has 26 heavy (non-hydrogen) atoms. The number of nitrogens with one attached hydrogen (secondary N) is 3. The molecule has 0 saturated carbocycles. The summed E-state index contributed by atoms with van der Waals surface area (Å²) >= 11 is 0. The highest BCUT2D eigenvalue weighted by atomic mass is 16.2. The Morgan fingerprint density at radius 2 is 1.65 bits per heavy atom. The van der Waals surface area contributed by atoms with Crippen molar-refractivity contribution in [3.63, 3.8) is 0 Å². The average Bonchev–Trinajstić information content (AvgIpc) is 3.06. The van der Waals surface area contributed by atoms with E-state index in [0.717, 1.165) is 17.8 Å². The van der Waals surface area contributed by atoms with E-state index >= 15 is 0 Å². The van der Waals surface area contributed by atoms with Crippen LogP contribution in [0, 0.1) is 0 Å². The number of amides is 2. The summed E-state index contributed by atoms with van der Waals surface area (Å²) in [4.78, 5) is 16.2. The first-order valence-corrected chi connectivity index (χ1v) is 8.52. The van der Waals surface area contributed by atoms with Crippen molar-refractivity contribution in [1.82, 2.24) is 15.2 Å². The third kappa shape index (κ3) is 4.69. The zero-order valence-electron chi connectivity index (χ0n) is 15.2. The van der Waals surface area contributed by atoms with Crippen LogP contribution in [0.15, 0.2) is 54.9 Å². The molecule has 0 bridgehead atoms. The SMILES string of the molecule is CC(C)(C)c1cc(NC(=O)Nc2ccc(Cc3ccncc3)cc2)[nH]n1. The minimum absolute atomic E-state index is 0.0719. The third-order valence-corrected chi connectivity index (χ3v) is 3.96. The van der Waals surface area contributed by atoms with Crippen molar-refractivity contribution in [2.45, 2.75) is 32.6 Å². The second kappa shape index (κ2) is 7.39. The maximum Gasteiger partial charge on any atom is 0.324 e. The van der Waals surface area contributed by atoms with Gasteiger partial charge in [0, 0.05) is 29.6 Å². The Balaban J connectivity index is 1.57. The molecule has 2 heterocycles. The molecule has 2 amide bonds.